The summed E-state index contributed by atoms with van der Waals surface area (Å²) in [4.78, 5) is 0. The summed E-state index contributed by atoms with van der Waals surface area (Å²) in [6.07, 6.45) is 5.26. The summed E-state index contributed by atoms with van der Waals surface area (Å²) in [7, 11) is 2.14. The molecule has 1 aliphatic heterocycles. The summed E-state index contributed by atoms with van der Waals surface area (Å²) < 4.78 is 8.16. The Balaban J connectivity index is 0.00000220. The fourth-order valence-corrected chi connectivity index (χ4v) is 2.77. The van der Waals surface area contributed by atoms with Gasteiger partial charge in [-0.3, -0.25) is 0 Å². The second-order valence-corrected chi connectivity index (χ2v) is 6.08. The largest absolute Gasteiger partial charge is 1.00 e. The monoisotopic (exact) mass is 399 g/mol. The van der Waals surface area contributed by atoms with Gasteiger partial charge in [-0.2, -0.15) is 0 Å². The van der Waals surface area contributed by atoms with E-state index in [9.17, 15) is 0 Å². The van der Waals surface area contributed by atoms with Crippen molar-refractivity contribution >= 4 is 11.4 Å². The molecule has 2 rings (SSSR count). The van der Waals surface area contributed by atoms with Gasteiger partial charge in [-0.15, -0.1) is 6.58 Å². The van der Waals surface area contributed by atoms with E-state index in [0.29, 0.717) is 0 Å². The lowest BCUT2D eigenvalue weighted by Gasteiger charge is -2.16. The summed E-state index contributed by atoms with van der Waals surface area (Å²) in [5.41, 5.74) is 4.13. The molecule has 3 heteroatoms. The molecule has 0 saturated carbocycles. The maximum absolute atomic E-state index is 5.88. The van der Waals surface area contributed by atoms with Gasteiger partial charge in [0.25, 0.3) is 0 Å². The predicted octanol–water partition coefficient (Wildman–Crippen LogP) is 1.45. The minimum Gasteiger partial charge on any atom is -1.00 e. The molecule has 0 aromatic heterocycles. The lowest BCUT2D eigenvalue weighted by Crippen LogP contribution is -3.00. The zero-order valence-corrected chi connectivity index (χ0v) is 15.7. The first-order valence-corrected chi connectivity index (χ1v) is 7.44. The maximum Gasteiger partial charge on any atom is 0.209 e. The molecule has 0 radical (unpaired) electrons. The number of nitrogens with zero attached hydrogens (tertiary/aromatic N) is 1. The zero-order chi connectivity index (χ0) is 14.8. The molecule has 2 nitrogen and oxygen atoms in total. The molecule has 21 heavy (non-hydrogen) atoms. The molecule has 0 fully saturated rings. The van der Waals surface area contributed by atoms with Crippen LogP contribution in [-0.4, -0.2) is 23.9 Å². The first-order valence-electron chi connectivity index (χ1n) is 7.44. The number of halogens is 1. The number of rotatable bonds is 6. The molecule has 1 aromatic carbocycles. The van der Waals surface area contributed by atoms with E-state index in [2.05, 4.69) is 57.2 Å². The summed E-state index contributed by atoms with van der Waals surface area (Å²) in [6.45, 7) is 11.3. The molecule has 0 spiro atoms. The Morgan fingerprint density at radius 3 is 2.67 bits per heavy atom. The first kappa shape index (κ1) is 18.2. The van der Waals surface area contributed by atoms with Crippen LogP contribution < -0.4 is 28.7 Å². The first-order chi connectivity index (χ1) is 9.48. The number of allylic oxidation sites excluding steroid dienone is 1. The fraction of sp³-hybridized carbons (Fsp3) is 0.500. The highest BCUT2D eigenvalue weighted by atomic mass is 127. The third kappa shape index (κ3) is 3.68. The van der Waals surface area contributed by atoms with Crippen molar-refractivity contribution < 1.29 is 33.3 Å². The number of hydrogen-bond donors (Lipinski definition) is 0. The van der Waals surface area contributed by atoms with E-state index in [4.69, 9.17) is 4.74 Å². The molecule has 0 atom stereocenters. The molecule has 116 valence electrons. The third-order valence-corrected chi connectivity index (χ3v) is 4.48. The van der Waals surface area contributed by atoms with Gasteiger partial charge in [0, 0.05) is 18.6 Å². The van der Waals surface area contributed by atoms with Gasteiger partial charge in [-0.25, -0.2) is 4.58 Å². The van der Waals surface area contributed by atoms with Gasteiger partial charge in [0.2, 0.25) is 5.69 Å². The van der Waals surface area contributed by atoms with E-state index in [1.54, 1.807) is 0 Å². The van der Waals surface area contributed by atoms with Crippen LogP contribution in [0.25, 0.3) is 0 Å². The minimum atomic E-state index is 0. The average molecular weight is 399 g/mol. The van der Waals surface area contributed by atoms with E-state index in [1.807, 2.05) is 6.08 Å². The van der Waals surface area contributed by atoms with Crippen LogP contribution in [0.5, 0.6) is 5.75 Å². The van der Waals surface area contributed by atoms with Crippen molar-refractivity contribution in [3.05, 3.63) is 36.4 Å². The molecular weight excluding hydrogens is 373 g/mol. The highest BCUT2D eigenvalue weighted by Crippen LogP contribution is 2.40. The third-order valence-electron chi connectivity index (χ3n) is 4.48. The predicted molar refractivity (Wildman–Crippen MR) is 85.5 cm³/mol. The van der Waals surface area contributed by atoms with Crippen LogP contribution in [0, 0.1) is 0 Å². The SMILES string of the molecule is C=CCCCCOc1ccc2c(c1)C(C)(C)C(C)=[N+]2C.[I-]. The highest BCUT2D eigenvalue weighted by Gasteiger charge is 2.41. The summed E-state index contributed by atoms with van der Waals surface area (Å²) in [5.74, 6) is 0.985. The molecule has 0 N–H and O–H groups in total. The number of hydrogen-bond acceptors (Lipinski definition) is 1. The van der Waals surface area contributed by atoms with Crippen molar-refractivity contribution in [1.29, 1.82) is 0 Å². The Bertz CT molecular complexity index is 546. The Morgan fingerprint density at radius 2 is 2.00 bits per heavy atom. The van der Waals surface area contributed by atoms with Gasteiger partial charge < -0.3 is 28.7 Å². The molecule has 1 heterocycles. The van der Waals surface area contributed by atoms with E-state index in [1.165, 1.54) is 17.0 Å². The molecule has 0 saturated heterocycles. The summed E-state index contributed by atoms with van der Waals surface area (Å²) in [6, 6.07) is 6.46. The minimum absolute atomic E-state index is 0. The average Bonchev–Trinajstić information content (AvgIpc) is 2.60. The van der Waals surface area contributed by atoms with Crippen molar-refractivity contribution in [2.24, 2.45) is 0 Å². The number of unbranched alkanes of at least 4 members (excludes halogenated alkanes) is 2. The van der Waals surface area contributed by atoms with Gasteiger partial charge in [0.15, 0.2) is 5.71 Å². The quantitative estimate of drug-likeness (QED) is 0.305. The van der Waals surface area contributed by atoms with Crippen LogP contribution in [0.2, 0.25) is 0 Å². The van der Waals surface area contributed by atoms with Crippen LogP contribution in [0.1, 0.15) is 45.6 Å². The van der Waals surface area contributed by atoms with Crippen LogP contribution in [0.3, 0.4) is 0 Å². The molecule has 1 aliphatic rings. The highest BCUT2D eigenvalue weighted by molar-refractivity contribution is 5.93. The van der Waals surface area contributed by atoms with Crippen molar-refractivity contribution in [2.45, 2.75) is 45.4 Å². The van der Waals surface area contributed by atoms with Gasteiger partial charge in [0.05, 0.1) is 12.0 Å². The van der Waals surface area contributed by atoms with Gasteiger partial charge in [-0.1, -0.05) is 6.08 Å². The number of ether oxygens (including phenoxy) is 1. The van der Waals surface area contributed by atoms with Crippen molar-refractivity contribution in [3.8, 4) is 5.75 Å². The van der Waals surface area contributed by atoms with Crippen molar-refractivity contribution in [2.75, 3.05) is 13.7 Å². The molecular formula is C18H26INO. The lowest BCUT2D eigenvalue weighted by molar-refractivity contribution is -0.403. The Labute approximate surface area is 145 Å². The van der Waals surface area contributed by atoms with Crippen LogP contribution in [0.4, 0.5) is 5.69 Å². The Morgan fingerprint density at radius 1 is 1.29 bits per heavy atom. The molecule has 0 unspecified atom stereocenters. The summed E-state index contributed by atoms with van der Waals surface area (Å²) in [5, 5.41) is 0. The van der Waals surface area contributed by atoms with Crippen LogP contribution >= 0.6 is 0 Å². The fourth-order valence-electron chi connectivity index (χ4n) is 2.77. The van der Waals surface area contributed by atoms with Crippen LogP contribution in [-0.2, 0) is 5.41 Å². The second-order valence-electron chi connectivity index (χ2n) is 6.08. The topological polar surface area (TPSA) is 12.2 Å². The molecule has 0 amide bonds. The van der Waals surface area contributed by atoms with Crippen molar-refractivity contribution in [3.63, 3.8) is 0 Å². The normalized spacial score (nSPS) is 15.4. The smallest absolute Gasteiger partial charge is 0.209 e. The van der Waals surface area contributed by atoms with Gasteiger partial charge >= 0.3 is 0 Å². The lowest BCUT2D eigenvalue weighted by atomic mass is 9.82. The van der Waals surface area contributed by atoms with E-state index in [0.717, 1.165) is 31.6 Å². The van der Waals surface area contributed by atoms with Crippen LogP contribution in [0.15, 0.2) is 30.9 Å². The zero-order valence-electron chi connectivity index (χ0n) is 13.6. The number of benzene rings is 1. The second kappa shape index (κ2) is 7.43. The van der Waals surface area contributed by atoms with Gasteiger partial charge in [-0.05, 0) is 45.2 Å². The molecule has 0 aliphatic carbocycles. The Kier molecular flexibility index (Phi) is 6.44. The molecule has 1 aromatic rings. The molecule has 0 bridgehead atoms. The van der Waals surface area contributed by atoms with E-state index >= 15 is 0 Å². The summed E-state index contributed by atoms with van der Waals surface area (Å²) >= 11 is 0. The van der Waals surface area contributed by atoms with E-state index in [-0.39, 0.29) is 29.4 Å². The van der Waals surface area contributed by atoms with E-state index < -0.39 is 0 Å². The number of fused-ring (bicyclic) bond motifs is 1. The van der Waals surface area contributed by atoms with Gasteiger partial charge in [0.1, 0.15) is 12.8 Å². The van der Waals surface area contributed by atoms with Crippen molar-refractivity contribution in [1.82, 2.24) is 0 Å². The Hall–Kier alpha value is -0.840. The standard InChI is InChI=1S/C18H26NO.HI/c1-6-7-8-9-12-20-15-10-11-17-16(13-15)18(3,4)14(2)19(17)5;/h6,10-11,13H,1,7-9,12H2,2-5H3;1H/q+1;/p-1. The maximum atomic E-state index is 5.88.